The van der Waals surface area contributed by atoms with E-state index in [-0.39, 0.29) is 23.9 Å². The lowest BCUT2D eigenvalue weighted by Crippen LogP contribution is -2.39. The summed E-state index contributed by atoms with van der Waals surface area (Å²) >= 11 is 0. The molecule has 9 heteroatoms. The number of carbonyl (C=O) groups excluding carboxylic acids is 2. The number of rotatable bonds is 11. The minimum absolute atomic E-state index is 0.0241. The largest absolute Gasteiger partial charge is 0.340 e. The van der Waals surface area contributed by atoms with Crippen molar-refractivity contribution >= 4 is 11.8 Å². The second-order valence-electron chi connectivity index (χ2n) is 13.2. The summed E-state index contributed by atoms with van der Waals surface area (Å²) in [5.74, 6) is 1.68. The Morgan fingerprint density at radius 2 is 1.37 bits per heavy atom. The number of amides is 2. The molecule has 1 saturated heterocycles. The molecule has 0 bridgehead atoms. The molecule has 3 heterocycles. The van der Waals surface area contributed by atoms with Gasteiger partial charge in [-0.1, -0.05) is 109 Å². The first-order chi connectivity index (χ1) is 24.9. The normalized spacial score (nSPS) is 15.4. The third-order valence-corrected chi connectivity index (χ3v) is 10.00. The molecule has 2 amide bonds. The van der Waals surface area contributed by atoms with Crippen LogP contribution in [0.3, 0.4) is 0 Å². The van der Waals surface area contributed by atoms with Crippen LogP contribution in [0.25, 0.3) is 33.6 Å². The van der Waals surface area contributed by atoms with E-state index < -0.39 is 6.04 Å². The van der Waals surface area contributed by atoms with Gasteiger partial charge in [0.1, 0.15) is 17.7 Å². The van der Waals surface area contributed by atoms with Crippen molar-refractivity contribution in [2.24, 2.45) is 0 Å². The van der Waals surface area contributed by atoms with Crippen LogP contribution in [-0.2, 0) is 16.0 Å². The van der Waals surface area contributed by atoms with E-state index in [1.807, 2.05) is 91.9 Å². The van der Waals surface area contributed by atoms with E-state index in [2.05, 4.69) is 68.8 Å². The molecule has 0 radical (unpaired) electrons. The number of aromatic amines is 2. The average Bonchev–Trinajstić information content (AvgIpc) is 3.97. The molecule has 1 aliphatic rings. The highest BCUT2D eigenvalue weighted by Gasteiger charge is 2.32. The standard InChI is InChI=1S/C42H43N7O2/c1-28(48(3)42(51)39(43-2)34-13-8-5-9-14-34)40-44-26-35(46-40)32-20-16-30(17-21-32)31-18-22-33(23-19-31)36-27-45-41(47-36)37-15-10-24-49(37)38(50)25-29-11-6-4-7-12-29/h4-9,11-14,16-23,26-28,37,39,43H,10,15,24-25H2,1-3H3,(H,44,46)(H,45,47)/t28-,37-,39+/m0/s1. The van der Waals surface area contributed by atoms with E-state index in [4.69, 9.17) is 4.98 Å². The summed E-state index contributed by atoms with van der Waals surface area (Å²) in [7, 11) is 3.61. The van der Waals surface area contributed by atoms with Crippen molar-refractivity contribution in [2.75, 3.05) is 20.6 Å². The summed E-state index contributed by atoms with van der Waals surface area (Å²) in [5, 5.41) is 3.15. The number of hydrogen-bond acceptors (Lipinski definition) is 5. The molecular weight excluding hydrogens is 635 g/mol. The Kier molecular flexibility index (Phi) is 9.90. The van der Waals surface area contributed by atoms with Gasteiger partial charge in [0.2, 0.25) is 11.8 Å². The van der Waals surface area contributed by atoms with Crippen LogP contribution in [0.2, 0.25) is 0 Å². The van der Waals surface area contributed by atoms with Crippen LogP contribution in [0.1, 0.15) is 60.7 Å². The van der Waals surface area contributed by atoms with E-state index >= 15 is 0 Å². The van der Waals surface area contributed by atoms with Gasteiger partial charge in [0.05, 0.1) is 42.3 Å². The van der Waals surface area contributed by atoms with Crippen LogP contribution >= 0.6 is 0 Å². The maximum absolute atomic E-state index is 13.4. The van der Waals surface area contributed by atoms with E-state index in [1.54, 1.807) is 11.9 Å². The first-order valence-electron chi connectivity index (χ1n) is 17.5. The minimum atomic E-state index is -0.433. The second kappa shape index (κ2) is 15.0. The molecule has 0 unspecified atom stereocenters. The number of nitrogens with zero attached hydrogens (tertiary/aromatic N) is 4. The average molecular weight is 678 g/mol. The highest BCUT2D eigenvalue weighted by Crippen LogP contribution is 2.33. The molecule has 0 saturated carbocycles. The van der Waals surface area contributed by atoms with Gasteiger partial charge in [-0.25, -0.2) is 9.97 Å². The van der Waals surface area contributed by atoms with Crippen molar-refractivity contribution in [3.8, 4) is 33.6 Å². The molecule has 6 aromatic rings. The van der Waals surface area contributed by atoms with Crippen LogP contribution in [0.5, 0.6) is 0 Å². The quantitative estimate of drug-likeness (QED) is 0.131. The number of nitrogens with one attached hydrogen (secondary N) is 3. The van der Waals surface area contributed by atoms with E-state index in [9.17, 15) is 9.59 Å². The number of carbonyl (C=O) groups is 2. The van der Waals surface area contributed by atoms with Crippen molar-refractivity contribution in [3.05, 3.63) is 144 Å². The topological polar surface area (TPSA) is 110 Å². The molecule has 3 atom stereocenters. The predicted octanol–water partition coefficient (Wildman–Crippen LogP) is 7.52. The minimum Gasteiger partial charge on any atom is -0.340 e. The lowest BCUT2D eigenvalue weighted by Gasteiger charge is -2.28. The fourth-order valence-corrected chi connectivity index (χ4v) is 6.91. The highest BCUT2D eigenvalue weighted by molar-refractivity contribution is 5.83. The van der Waals surface area contributed by atoms with Gasteiger partial charge < -0.3 is 25.1 Å². The summed E-state index contributed by atoms with van der Waals surface area (Å²) < 4.78 is 0. The summed E-state index contributed by atoms with van der Waals surface area (Å²) in [6.45, 7) is 2.73. The number of hydrogen-bond donors (Lipinski definition) is 3. The van der Waals surface area contributed by atoms with Gasteiger partial charge in [-0.05, 0) is 60.2 Å². The maximum atomic E-state index is 13.4. The number of likely N-dealkylation sites (N-methyl/N-ethyl adjacent to an activating group) is 2. The molecule has 4 aromatic carbocycles. The second-order valence-corrected chi connectivity index (χ2v) is 13.2. The van der Waals surface area contributed by atoms with Crippen molar-refractivity contribution in [1.82, 2.24) is 35.1 Å². The number of aromatic nitrogens is 4. The van der Waals surface area contributed by atoms with Crippen molar-refractivity contribution < 1.29 is 9.59 Å². The smallest absolute Gasteiger partial charge is 0.244 e. The first kappa shape index (κ1) is 33.7. The monoisotopic (exact) mass is 677 g/mol. The van der Waals surface area contributed by atoms with Gasteiger partial charge >= 0.3 is 0 Å². The van der Waals surface area contributed by atoms with Gasteiger partial charge in [-0.15, -0.1) is 0 Å². The Balaban J connectivity index is 0.987. The summed E-state index contributed by atoms with van der Waals surface area (Å²) in [6.07, 6.45) is 5.97. The number of imidazole rings is 2. The molecule has 2 aromatic heterocycles. The number of H-pyrrole nitrogens is 2. The summed E-state index contributed by atoms with van der Waals surface area (Å²) in [4.78, 5) is 46.5. The fourth-order valence-electron chi connectivity index (χ4n) is 6.91. The molecular formula is C42H43N7O2. The number of benzene rings is 4. The highest BCUT2D eigenvalue weighted by atomic mass is 16.2. The van der Waals surface area contributed by atoms with Gasteiger partial charge in [0.15, 0.2) is 0 Å². The van der Waals surface area contributed by atoms with Gasteiger partial charge in [0, 0.05) is 13.6 Å². The third kappa shape index (κ3) is 7.25. The summed E-state index contributed by atoms with van der Waals surface area (Å²) in [5.41, 5.74) is 8.06. The molecule has 3 N–H and O–H groups in total. The van der Waals surface area contributed by atoms with Gasteiger partial charge in [0.25, 0.3) is 0 Å². The molecule has 7 rings (SSSR count). The van der Waals surface area contributed by atoms with E-state index in [0.717, 1.165) is 75.8 Å². The third-order valence-electron chi connectivity index (χ3n) is 10.00. The van der Waals surface area contributed by atoms with Crippen molar-refractivity contribution in [3.63, 3.8) is 0 Å². The maximum Gasteiger partial charge on any atom is 0.244 e. The molecule has 1 fully saturated rings. The SMILES string of the molecule is CN[C@@H](C(=O)N(C)[C@@H](C)c1ncc(-c2ccc(-c3ccc(-c4cnc([C@@H]5CCCN5C(=O)Cc5ccccc5)[nH]4)cc3)cc2)[nH]1)c1ccccc1. The zero-order chi connectivity index (χ0) is 35.3. The van der Waals surface area contributed by atoms with Crippen molar-refractivity contribution in [1.29, 1.82) is 0 Å². The van der Waals surface area contributed by atoms with Crippen LogP contribution in [0, 0.1) is 0 Å². The first-order valence-corrected chi connectivity index (χ1v) is 17.5. The molecule has 258 valence electrons. The van der Waals surface area contributed by atoms with E-state index in [1.165, 1.54) is 0 Å². The Labute approximate surface area is 298 Å². The Morgan fingerprint density at radius 3 is 2.00 bits per heavy atom. The van der Waals surface area contributed by atoms with E-state index in [0.29, 0.717) is 6.42 Å². The molecule has 0 spiro atoms. The summed E-state index contributed by atoms with van der Waals surface area (Å²) in [6, 6.07) is 35.8. The molecule has 1 aliphatic heterocycles. The molecule has 51 heavy (non-hydrogen) atoms. The lowest BCUT2D eigenvalue weighted by atomic mass is 10.0. The molecule has 0 aliphatic carbocycles. The van der Waals surface area contributed by atoms with Crippen LogP contribution in [-0.4, -0.2) is 62.2 Å². The Hall–Kier alpha value is -5.80. The van der Waals surface area contributed by atoms with Crippen molar-refractivity contribution in [2.45, 2.75) is 44.3 Å². The predicted molar refractivity (Wildman–Crippen MR) is 200 cm³/mol. The number of likely N-dealkylation sites (tertiary alicyclic amines) is 1. The Bertz CT molecular complexity index is 2070. The van der Waals surface area contributed by atoms with Gasteiger partial charge in [-0.3, -0.25) is 9.59 Å². The Morgan fingerprint density at radius 1 is 0.804 bits per heavy atom. The van der Waals surface area contributed by atoms with Gasteiger partial charge in [-0.2, -0.15) is 0 Å². The fraction of sp³-hybridized carbons (Fsp3) is 0.238. The van der Waals surface area contributed by atoms with Crippen LogP contribution in [0.15, 0.2) is 122 Å². The zero-order valence-electron chi connectivity index (χ0n) is 29.2. The molecule has 9 nitrogen and oxygen atoms in total. The van der Waals surface area contributed by atoms with Crippen LogP contribution in [0.4, 0.5) is 0 Å². The zero-order valence-corrected chi connectivity index (χ0v) is 29.2. The lowest BCUT2D eigenvalue weighted by molar-refractivity contribution is -0.134. The van der Waals surface area contributed by atoms with Crippen LogP contribution < -0.4 is 5.32 Å².